The molecule has 0 bridgehead atoms. The van der Waals surface area contributed by atoms with E-state index in [9.17, 15) is 18.6 Å². The van der Waals surface area contributed by atoms with Gasteiger partial charge in [-0.2, -0.15) is 8.42 Å². The van der Waals surface area contributed by atoms with Crippen LogP contribution < -0.4 is 0 Å². The number of aliphatic hydroxyl groups is 2. The molecule has 21 heavy (non-hydrogen) atoms. The fourth-order valence-electron chi connectivity index (χ4n) is 1.31. The molecule has 0 aliphatic carbocycles. The van der Waals surface area contributed by atoms with Crippen molar-refractivity contribution in [3.8, 4) is 0 Å². The molecular weight excluding hydrogens is 286 g/mol. The molecule has 0 saturated heterocycles. The van der Waals surface area contributed by atoms with E-state index in [0.717, 1.165) is 5.56 Å². The van der Waals surface area contributed by atoms with Crippen LogP contribution in [0, 0.1) is 6.92 Å². The summed E-state index contributed by atoms with van der Waals surface area (Å²) in [6, 6.07) is 5.46. The van der Waals surface area contributed by atoms with E-state index < -0.39 is 26.4 Å². The third kappa shape index (κ3) is 3.77. The van der Waals surface area contributed by atoms with Crippen molar-refractivity contribution in [1.29, 1.82) is 0 Å². The van der Waals surface area contributed by atoms with Crippen molar-refractivity contribution in [2.24, 2.45) is 0 Å². The molecule has 0 amide bonds. The number of hydrogen-bond donors (Lipinski definition) is 2. The van der Waals surface area contributed by atoms with E-state index >= 15 is 0 Å². The second kappa shape index (κ2) is 5.54. The molecule has 10 radical (unpaired) electrons. The van der Waals surface area contributed by atoms with Gasteiger partial charge in [-0.05, 0) is 19.1 Å². The van der Waals surface area contributed by atoms with Crippen molar-refractivity contribution in [2.75, 3.05) is 0 Å². The summed E-state index contributed by atoms with van der Waals surface area (Å²) in [7, 11) is 21.3. The lowest BCUT2D eigenvalue weighted by molar-refractivity contribution is -0.0544. The Morgan fingerprint density at radius 3 is 1.81 bits per heavy atom. The highest BCUT2D eigenvalue weighted by Gasteiger charge is 2.50. The lowest BCUT2D eigenvalue weighted by Crippen LogP contribution is -2.71. The topological polar surface area (TPSA) is 83.8 Å². The van der Waals surface area contributed by atoms with E-state index in [4.69, 9.17) is 39.2 Å². The van der Waals surface area contributed by atoms with Gasteiger partial charge in [0.2, 0.25) is 0 Å². The smallest absolute Gasteiger partial charge is 0.296 e. The molecule has 1 aromatic carbocycles. The Labute approximate surface area is 130 Å². The van der Waals surface area contributed by atoms with Crippen molar-refractivity contribution in [1.82, 2.24) is 0 Å². The Balaban J connectivity index is 3.16. The average molecular weight is 295 g/mol. The fourth-order valence-corrected chi connectivity index (χ4v) is 2.37. The molecule has 1 rings (SSSR count). The van der Waals surface area contributed by atoms with Crippen LogP contribution in [0.25, 0.3) is 0 Å². The molecule has 5 nitrogen and oxygen atoms in total. The first-order valence-electron chi connectivity index (χ1n) is 5.62. The first kappa shape index (κ1) is 18.4. The molecule has 11 heteroatoms. The van der Waals surface area contributed by atoms with Crippen LogP contribution in [0.5, 0.6) is 0 Å². The maximum Gasteiger partial charge on any atom is 0.296 e. The van der Waals surface area contributed by atoms with Crippen LogP contribution in [-0.4, -0.2) is 74.2 Å². The fraction of sp³-hybridized carbons (Fsp3) is 0.400. The summed E-state index contributed by atoms with van der Waals surface area (Å²) < 4.78 is 28.5. The van der Waals surface area contributed by atoms with Crippen molar-refractivity contribution in [2.45, 2.75) is 28.1 Å². The van der Waals surface area contributed by atoms with Crippen LogP contribution in [0.4, 0.5) is 0 Å². The molecule has 1 aromatic rings. The van der Waals surface area contributed by atoms with Gasteiger partial charge in [-0.3, -0.25) is 4.18 Å². The molecule has 1 atom stereocenters. The quantitative estimate of drug-likeness (QED) is 0.465. The molecule has 0 spiro atoms. The zero-order valence-electron chi connectivity index (χ0n) is 11.2. The van der Waals surface area contributed by atoms with Gasteiger partial charge in [-0.15, -0.1) is 0 Å². The summed E-state index contributed by atoms with van der Waals surface area (Å²) in [5.41, 5.74) is -2.37. The molecule has 0 aliphatic heterocycles. The second-order valence-electron chi connectivity index (χ2n) is 4.74. The van der Waals surface area contributed by atoms with Gasteiger partial charge in [0.15, 0.2) is 0 Å². The summed E-state index contributed by atoms with van der Waals surface area (Å²) in [4.78, 5) is -0.290. The average Bonchev–Trinajstić information content (AvgIpc) is 2.26. The SMILES string of the molecule is [B]C([B])(O)C([B])(O)C([B])([B])OS(=O)(=O)c1ccc(C)cc1. The summed E-state index contributed by atoms with van der Waals surface area (Å²) in [5.74, 6) is 0. The van der Waals surface area contributed by atoms with E-state index in [0.29, 0.717) is 0 Å². The molecule has 0 fully saturated rings. The van der Waals surface area contributed by atoms with Crippen LogP contribution in [0.1, 0.15) is 5.56 Å². The Morgan fingerprint density at radius 2 is 1.43 bits per heavy atom. The Kier molecular flexibility index (Phi) is 4.86. The van der Waals surface area contributed by atoms with Gasteiger partial charge in [0.1, 0.15) is 39.2 Å². The van der Waals surface area contributed by atoms with Gasteiger partial charge in [0.05, 0.1) is 4.90 Å². The largest absolute Gasteiger partial charge is 0.407 e. The Hall–Kier alpha value is -0.625. The van der Waals surface area contributed by atoms with Gasteiger partial charge in [-0.1, -0.05) is 17.7 Å². The van der Waals surface area contributed by atoms with Crippen molar-refractivity contribution >= 4 is 49.3 Å². The molecule has 0 heterocycles. The highest BCUT2D eigenvalue weighted by Crippen LogP contribution is 2.29. The van der Waals surface area contributed by atoms with E-state index in [1.165, 1.54) is 24.3 Å². The summed E-state index contributed by atoms with van der Waals surface area (Å²) in [5, 5.41) is 13.1. The van der Waals surface area contributed by atoms with Crippen LogP contribution >= 0.6 is 0 Å². The number of hydrogen-bond acceptors (Lipinski definition) is 5. The zero-order chi connectivity index (χ0) is 16.7. The summed E-state index contributed by atoms with van der Waals surface area (Å²) >= 11 is 0. The van der Waals surface area contributed by atoms with E-state index in [1.807, 2.05) is 0 Å². The molecule has 2 N–H and O–H groups in total. The van der Waals surface area contributed by atoms with Crippen molar-refractivity contribution < 1.29 is 22.8 Å². The third-order valence-electron chi connectivity index (χ3n) is 2.76. The predicted molar refractivity (Wildman–Crippen MR) is 80.9 cm³/mol. The normalized spacial score (nSPS) is 16.3. The third-order valence-corrected chi connectivity index (χ3v) is 4.11. The summed E-state index contributed by atoms with van der Waals surface area (Å²) in [6.07, 6.45) is 0. The van der Waals surface area contributed by atoms with Gasteiger partial charge in [0, 0.05) is 16.3 Å². The molecular formula is C10H9B5O5S. The number of benzene rings is 1. The number of rotatable bonds is 5. The first-order chi connectivity index (χ1) is 9.21. The predicted octanol–water partition coefficient (Wildman–Crippen LogP) is -2.47. The zero-order valence-corrected chi connectivity index (χ0v) is 12.0. The Bertz CT molecular complexity index is 606. The van der Waals surface area contributed by atoms with E-state index in [1.54, 1.807) is 6.92 Å². The highest BCUT2D eigenvalue weighted by atomic mass is 32.2. The van der Waals surface area contributed by atoms with Crippen LogP contribution in [0.15, 0.2) is 29.2 Å². The molecule has 0 saturated carbocycles. The molecule has 100 valence electrons. The molecule has 0 aliphatic rings. The van der Waals surface area contributed by atoms with Gasteiger partial charge in [0.25, 0.3) is 10.1 Å². The lowest BCUT2D eigenvalue weighted by Gasteiger charge is -2.49. The van der Waals surface area contributed by atoms with Crippen LogP contribution in [0.2, 0.25) is 0 Å². The maximum absolute atomic E-state index is 12.0. The van der Waals surface area contributed by atoms with Gasteiger partial charge >= 0.3 is 0 Å². The lowest BCUT2D eigenvalue weighted by atomic mass is 9.37. The Morgan fingerprint density at radius 1 is 1.00 bits per heavy atom. The van der Waals surface area contributed by atoms with Crippen LogP contribution in [-0.2, 0) is 14.3 Å². The standard InChI is InChI=1S/C10H9B5O5S/c1-6-2-4-7(5-3-6)21(18,19)20-10(14,15)8(11,16)9(12,13)17/h2-5,16-17H,1H3. The van der Waals surface area contributed by atoms with Crippen molar-refractivity contribution in [3.05, 3.63) is 29.8 Å². The summed E-state index contributed by atoms with van der Waals surface area (Å²) in [6.45, 7) is 1.75. The van der Waals surface area contributed by atoms with E-state index in [-0.39, 0.29) is 4.90 Å². The molecule has 1 unspecified atom stereocenters. The minimum Gasteiger partial charge on any atom is -0.407 e. The maximum atomic E-state index is 12.0. The van der Waals surface area contributed by atoms with E-state index in [2.05, 4.69) is 4.18 Å². The first-order valence-corrected chi connectivity index (χ1v) is 7.03. The van der Waals surface area contributed by atoms with Crippen molar-refractivity contribution in [3.63, 3.8) is 0 Å². The minimum absolute atomic E-state index is 0.290. The minimum atomic E-state index is -4.49. The van der Waals surface area contributed by atoms with Gasteiger partial charge < -0.3 is 10.2 Å². The number of aryl methyl sites for hydroxylation is 1. The monoisotopic (exact) mass is 296 g/mol. The van der Waals surface area contributed by atoms with Gasteiger partial charge in [-0.25, -0.2) is 0 Å². The van der Waals surface area contributed by atoms with Crippen LogP contribution in [0.3, 0.4) is 0 Å². The highest BCUT2D eigenvalue weighted by molar-refractivity contribution is 7.86. The second-order valence-corrected chi connectivity index (χ2v) is 6.28. The molecule has 0 aromatic heterocycles.